The molecule has 5 aliphatic carbocycles. The molecule has 622 valence electrons. The van der Waals surface area contributed by atoms with Gasteiger partial charge in [0.1, 0.15) is 122 Å². The van der Waals surface area contributed by atoms with Gasteiger partial charge in [-0.05, 0) is 143 Å². The van der Waals surface area contributed by atoms with Crippen molar-refractivity contribution in [3.05, 3.63) is 47.6 Å². The predicted octanol–water partition coefficient (Wildman–Crippen LogP) is -3.38. The number of fused-ring (bicyclic) bond motifs is 7. The van der Waals surface area contributed by atoms with Gasteiger partial charge >= 0.3 is 17.9 Å². The second-order valence-corrected chi connectivity index (χ2v) is 33.7. The maximum atomic E-state index is 16.4. The van der Waals surface area contributed by atoms with Crippen molar-refractivity contribution in [1.82, 2.24) is 0 Å². The molecule has 6 saturated heterocycles. The number of carbonyl (C=O) groups excluding carboxylic acids is 2. The van der Waals surface area contributed by atoms with E-state index < -0.39 is 285 Å². The highest BCUT2D eigenvalue weighted by Crippen LogP contribution is 2.76. The number of aliphatic hydroxyl groups is 17. The van der Waals surface area contributed by atoms with Crippen LogP contribution in [0.15, 0.2) is 42.0 Å². The van der Waals surface area contributed by atoms with Crippen LogP contribution >= 0.6 is 0 Å². The number of benzene rings is 1. The molecule has 0 spiro atoms. The molecule has 18 N–H and O–H groups in total. The normalized spacial score (nSPS) is 50.2. The van der Waals surface area contributed by atoms with Gasteiger partial charge in [0.15, 0.2) is 43.7 Å². The number of esters is 2. The van der Waals surface area contributed by atoms with Crippen molar-refractivity contribution >= 4 is 24.0 Å². The van der Waals surface area contributed by atoms with Gasteiger partial charge in [0.05, 0.1) is 68.8 Å². The molecule has 39 unspecified atom stereocenters. The molecule has 1 aromatic rings. The van der Waals surface area contributed by atoms with Crippen LogP contribution in [0.4, 0.5) is 0 Å². The Bertz CT molecular complexity index is 3420. The Hall–Kier alpha value is -4.21. The first kappa shape index (κ1) is 85.2. The molecule has 39 atom stereocenters. The number of hydrogen-bond donors (Lipinski definition) is 18. The van der Waals surface area contributed by atoms with E-state index in [0.29, 0.717) is 30.6 Å². The van der Waals surface area contributed by atoms with Crippen LogP contribution in [0.25, 0.3) is 6.08 Å². The molecular formula is C75H112O35. The molecule has 1 aromatic carbocycles. The topological polar surface area (TPSA) is 545 Å². The number of carboxylic acids is 1. The number of carboxylic acid groups (broad SMARTS) is 1. The summed E-state index contributed by atoms with van der Waals surface area (Å²) in [6.45, 7) is 11.2. The van der Waals surface area contributed by atoms with Gasteiger partial charge in [-0.15, -0.1) is 0 Å². The van der Waals surface area contributed by atoms with E-state index in [-0.39, 0.29) is 38.5 Å². The summed E-state index contributed by atoms with van der Waals surface area (Å²) in [5.74, 6) is -4.46. The van der Waals surface area contributed by atoms with E-state index in [9.17, 15) is 102 Å². The number of methoxy groups -OCH3 is 1. The first-order chi connectivity index (χ1) is 51.8. The largest absolute Gasteiger partial charge is 0.497 e. The first-order valence-electron chi connectivity index (χ1n) is 38.0. The molecule has 11 aliphatic rings. The zero-order valence-corrected chi connectivity index (χ0v) is 62.9. The Morgan fingerprint density at radius 3 is 1.66 bits per heavy atom. The van der Waals surface area contributed by atoms with Crippen molar-refractivity contribution in [2.75, 3.05) is 33.5 Å². The summed E-state index contributed by atoms with van der Waals surface area (Å²) in [5.41, 5.74) is -5.40. The highest BCUT2D eigenvalue weighted by Gasteiger charge is 2.74. The van der Waals surface area contributed by atoms with Gasteiger partial charge in [-0.3, -0.25) is 9.59 Å². The Morgan fingerprint density at radius 1 is 0.527 bits per heavy atom. The lowest BCUT2D eigenvalue weighted by Crippen LogP contribution is -2.71. The predicted molar refractivity (Wildman–Crippen MR) is 368 cm³/mol. The van der Waals surface area contributed by atoms with Crippen molar-refractivity contribution in [2.45, 2.75) is 304 Å². The second-order valence-electron chi connectivity index (χ2n) is 33.7. The molecule has 110 heavy (non-hydrogen) atoms. The summed E-state index contributed by atoms with van der Waals surface area (Å²) < 4.78 is 85.3. The van der Waals surface area contributed by atoms with Crippen LogP contribution in [0.1, 0.15) is 119 Å². The molecule has 6 aliphatic heterocycles. The van der Waals surface area contributed by atoms with Crippen molar-refractivity contribution in [3.63, 3.8) is 0 Å². The van der Waals surface area contributed by atoms with Crippen molar-refractivity contribution in [2.24, 2.45) is 50.2 Å². The molecule has 35 heteroatoms. The quantitative estimate of drug-likeness (QED) is 0.0262. The Kier molecular flexibility index (Phi) is 25.3. The van der Waals surface area contributed by atoms with E-state index in [4.69, 9.17) is 66.3 Å². The van der Waals surface area contributed by atoms with Crippen LogP contribution in [0.2, 0.25) is 0 Å². The highest BCUT2D eigenvalue weighted by molar-refractivity contribution is 5.87. The summed E-state index contributed by atoms with van der Waals surface area (Å²) in [6.07, 6.45) is -47.6. The van der Waals surface area contributed by atoms with Crippen LogP contribution in [0.3, 0.4) is 0 Å². The smallest absolute Gasteiger partial charge is 0.331 e. The summed E-state index contributed by atoms with van der Waals surface area (Å²) in [4.78, 5) is 44.7. The number of carbonyl (C=O) groups is 3. The molecule has 0 aromatic heterocycles. The standard InChI is InChI=1S/C75H112O35/c1-30-44(81)48(85)53(90)63(99-30)107-59-58(105-43(80)17-12-33-10-13-34(97-9)14-11-33)32(3)101-67(60(59)108-64-56(93)51(88)57(31(2)100-64)106-62-52(89)47(84)40(28-98-62)104-65-54(91)49(86)45(82)38(26-76)102-65)110-69(96)74-21-20-70(4,5)24-36(74)35-15-16-41-71(6)25-37(79)61(109-66-55(92)50(87)46(83)39(27-77)103-66)73(8,68(94)95)42(71)18-19-72(41,7)75(35,29-78)23-22-74/h10-15,17,30-32,36-42,44-67,76-79,81-93H,16,18-29H2,1-9H3,(H,94,95). The van der Waals surface area contributed by atoms with E-state index in [1.54, 1.807) is 24.3 Å². The van der Waals surface area contributed by atoms with Gasteiger partial charge in [0.25, 0.3) is 0 Å². The molecule has 4 saturated carbocycles. The number of allylic oxidation sites excluding steroid dienone is 1. The Balaban J connectivity index is 0.857. The van der Waals surface area contributed by atoms with Crippen molar-refractivity contribution in [1.29, 1.82) is 0 Å². The lowest BCUT2D eigenvalue weighted by atomic mass is 9.33. The number of aliphatic carboxylic acids is 1. The third kappa shape index (κ3) is 15.0. The molecule has 0 radical (unpaired) electrons. The molecular weight excluding hydrogens is 1460 g/mol. The molecule has 0 bridgehead atoms. The summed E-state index contributed by atoms with van der Waals surface area (Å²) in [7, 11) is 1.48. The number of aliphatic hydroxyl groups excluding tert-OH is 17. The molecule has 12 rings (SSSR count). The fourth-order valence-corrected chi connectivity index (χ4v) is 20.4. The van der Waals surface area contributed by atoms with Crippen molar-refractivity contribution in [3.8, 4) is 5.75 Å². The average molecular weight is 1570 g/mol. The molecule has 10 fully saturated rings. The van der Waals surface area contributed by atoms with E-state index >= 15 is 4.79 Å². The van der Waals surface area contributed by atoms with E-state index in [0.717, 1.165) is 11.6 Å². The van der Waals surface area contributed by atoms with E-state index in [1.807, 2.05) is 13.0 Å². The van der Waals surface area contributed by atoms with Gasteiger partial charge in [0, 0.05) is 11.5 Å². The van der Waals surface area contributed by atoms with Gasteiger partial charge < -0.3 is 158 Å². The number of ether oxygens (including phenoxy) is 14. The minimum absolute atomic E-state index is 0.0281. The van der Waals surface area contributed by atoms with Gasteiger partial charge in [-0.2, -0.15) is 0 Å². The molecule has 6 heterocycles. The summed E-state index contributed by atoms with van der Waals surface area (Å²) in [5, 5.41) is 200. The maximum Gasteiger partial charge on any atom is 0.331 e. The van der Waals surface area contributed by atoms with Crippen LogP contribution in [0, 0.1) is 50.2 Å². The first-order valence-corrected chi connectivity index (χ1v) is 38.0. The van der Waals surface area contributed by atoms with E-state index in [2.05, 4.69) is 20.8 Å². The van der Waals surface area contributed by atoms with E-state index in [1.165, 1.54) is 40.9 Å². The fourth-order valence-electron chi connectivity index (χ4n) is 20.4. The zero-order chi connectivity index (χ0) is 80.1. The highest BCUT2D eigenvalue weighted by atomic mass is 16.8. The van der Waals surface area contributed by atoms with Gasteiger partial charge in [0.2, 0.25) is 6.29 Å². The SMILES string of the molecule is COc1ccc(C=CC(=O)OC2C(C)OC(OC(=O)C34CCC(C)(C)CC3C3=CCC5C6(C)CC(O)C(OC7OC(CO)C(O)C(O)C7O)C(C)(C(=O)O)C6CCC5(C)C3(CO)CC4)C(OC3OC(C)C(OC4OCC(OC5OC(CO)C(O)C(O)C5O)C(O)C4O)C(O)C3O)C2OC2OC(C)C(O)C(O)C2O)cc1. The third-order valence-electron chi connectivity index (χ3n) is 26.9. The monoisotopic (exact) mass is 1570 g/mol. The number of hydrogen-bond acceptors (Lipinski definition) is 34. The third-order valence-corrected chi connectivity index (χ3v) is 26.9. The second kappa shape index (κ2) is 32.7. The molecule has 0 amide bonds. The summed E-state index contributed by atoms with van der Waals surface area (Å²) >= 11 is 0. The van der Waals surface area contributed by atoms with Gasteiger partial charge in [-0.1, -0.05) is 51.5 Å². The maximum absolute atomic E-state index is 16.4. The lowest BCUT2D eigenvalue weighted by Gasteiger charge is -2.71. The summed E-state index contributed by atoms with van der Waals surface area (Å²) in [6, 6.07) is 6.64. The zero-order valence-electron chi connectivity index (χ0n) is 62.9. The lowest BCUT2D eigenvalue weighted by molar-refractivity contribution is -0.392. The minimum atomic E-state index is -2.18. The Morgan fingerprint density at radius 2 is 1.06 bits per heavy atom. The van der Waals surface area contributed by atoms with Crippen LogP contribution < -0.4 is 4.74 Å². The number of rotatable bonds is 20. The van der Waals surface area contributed by atoms with Crippen LogP contribution in [-0.2, 0) is 76.0 Å². The van der Waals surface area contributed by atoms with Crippen molar-refractivity contribution < 1.29 is 173 Å². The minimum Gasteiger partial charge on any atom is -0.497 e. The fraction of sp³-hybridized carbons (Fsp3) is 0.827. The average Bonchev–Trinajstić information content (AvgIpc) is 0.668. The van der Waals surface area contributed by atoms with Crippen LogP contribution in [-0.4, -0.2) is 334 Å². The Labute approximate surface area is 635 Å². The molecule has 35 nitrogen and oxygen atoms in total. The van der Waals surface area contributed by atoms with Crippen LogP contribution in [0.5, 0.6) is 5.75 Å². The van der Waals surface area contributed by atoms with Gasteiger partial charge in [-0.25, -0.2) is 4.79 Å².